The number of nitro benzene ring substituents is 1. The summed E-state index contributed by atoms with van der Waals surface area (Å²) in [5, 5.41) is 10.6. The molecule has 1 atom stereocenters. The number of alkyl halides is 3. The Hall–Kier alpha value is -1.68. The molecule has 12 heteroatoms. The average molecular weight is 372 g/mol. The molecule has 0 fully saturated rings. The van der Waals surface area contributed by atoms with Crippen molar-refractivity contribution in [2.75, 3.05) is 34.3 Å². The van der Waals surface area contributed by atoms with Gasteiger partial charge in [0.15, 0.2) is 0 Å². The molecule has 1 rings (SSSR count). The lowest BCUT2D eigenvalue weighted by Crippen LogP contribution is -2.37. The molecule has 0 heterocycles. The molecule has 0 spiro atoms. The van der Waals surface area contributed by atoms with Crippen LogP contribution in [0.4, 0.5) is 18.9 Å². The first-order valence-electron chi connectivity index (χ1n) is 6.52. The van der Waals surface area contributed by atoms with Crippen LogP contribution in [0.1, 0.15) is 5.56 Å². The SMILES string of the molecule is C[N+](C)(C)CCOP(=O)([O-])Oc1ccc([N+](=O)[O-])c(C(F)(F)F)c1. The lowest BCUT2D eigenvalue weighted by molar-refractivity contribution is -0.870. The number of nitrogens with zero attached hydrogens (tertiary/aromatic N) is 2. The zero-order valence-corrected chi connectivity index (χ0v) is 14.0. The maximum Gasteiger partial charge on any atom is 0.423 e. The van der Waals surface area contributed by atoms with Gasteiger partial charge >= 0.3 is 14.0 Å². The molecule has 0 amide bonds. The van der Waals surface area contributed by atoms with E-state index in [9.17, 15) is 32.7 Å². The minimum absolute atomic E-state index is 0.233. The predicted molar refractivity (Wildman–Crippen MR) is 75.2 cm³/mol. The fourth-order valence-electron chi connectivity index (χ4n) is 1.54. The largest absolute Gasteiger partial charge is 0.746 e. The van der Waals surface area contributed by atoms with E-state index < -0.39 is 35.9 Å². The summed E-state index contributed by atoms with van der Waals surface area (Å²) in [5.74, 6) is -0.725. The molecule has 136 valence electrons. The Bertz CT molecular complexity index is 659. The zero-order valence-electron chi connectivity index (χ0n) is 13.1. The van der Waals surface area contributed by atoms with Gasteiger partial charge in [0.05, 0.1) is 26.1 Å². The van der Waals surface area contributed by atoms with Crippen molar-refractivity contribution < 1.29 is 41.1 Å². The minimum atomic E-state index is -5.04. The maximum atomic E-state index is 12.8. The fourth-order valence-corrected chi connectivity index (χ4v) is 2.27. The Kier molecular flexibility index (Phi) is 5.99. The third-order valence-electron chi connectivity index (χ3n) is 2.70. The van der Waals surface area contributed by atoms with E-state index in [1.165, 1.54) is 0 Å². The van der Waals surface area contributed by atoms with Crippen LogP contribution in [-0.4, -0.2) is 43.7 Å². The highest BCUT2D eigenvalue weighted by Crippen LogP contribution is 2.43. The summed E-state index contributed by atoms with van der Waals surface area (Å²) in [6, 6.07) is 1.51. The fraction of sp³-hybridized carbons (Fsp3) is 0.500. The molecule has 0 saturated carbocycles. The average Bonchev–Trinajstić information content (AvgIpc) is 2.34. The van der Waals surface area contributed by atoms with Crippen molar-refractivity contribution in [2.45, 2.75) is 6.18 Å². The van der Waals surface area contributed by atoms with Gasteiger partial charge in [-0.2, -0.15) is 13.2 Å². The molecule has 0 bridgehead atoms. The Morgan fingerprint density at radius 1 is 1.29 bits per heavy atom. The van der Waals surface area contributed by atoms with Gasteiger partial charge in [-0.1, -0.05) is 0 Å². The van der Waals surface area contributed by atoms with Gasteiger partial charge < -0.3 is 18.4 Å². The van der Waals surface area contributed by atoms with Crippen LogP contribution < -0.4 is 9.42 Å². The van der Waals surface area contributed by atoms with Crippen molar-refractivity contribution in [1.82, 2.24) is 0 Å². The van der Waals surface area contributed by atoms with Crippen LogP contribution in [0.3, 0.4) is 0 Å². The van der Waals surface area contributed by atoms with Gasteiger partial charge in [-0.15, -0.1) is 0 Å². The summed E-state index contributed by atoms with van der Waals surface area (Å²) in [6.07, 6.45) is -5.04. The standard InChI is InChI=1S/C12H16F3N2O6P/c1-17(2,3)6-7-22-24(20,21)23-9-4-5-11(16(18)19)10(8-9)12(13,14)15/h4-5,8H,6-7H2,1-3H3. The van der Waals surface area contributed by atoms with E-state index in [0.717, 1.165) is 6.07 Å². The van der Waals surface area contributed by atoms with E-state index in [1.807, 2.05) is 0 Å². The molecule has 0 aromatic heterocycles. The number of phosphoric acid groups is 1. The van der Waals surface area contributed by atoms with Crippen molar-refractivity contribution in [2.24, 2.45) is 0 Å². The normalized spacial score (nSPS) is 15.0. The molecule has 0 saturated heterocycles. The second kappa shape index (κ2) is 7.06. The van der Waals surface area contributed by atoms with Crippen molar-refractivity contribution in [1.29, 1.82) is 0 Å². The molecule has 1 unspecified atom stereocenters. The summed E-state index contributed by atoms with van der Waals surface area (Å²) >= 11 is 0. The molecule has 1 aromatic rings. The van der Waals surface area contributed by atoms with Crippen molar-refractivity contribution >= 4 is 13.5 Å². The quantitative estimate of drug-likeness (QED) is 0.315. The number of hydrogen-bond acceptors (Lipinski definition) is 6. The van der Waals surface area contributed by atoms with Gasteiger partial charge in [-0.25, -0.2) is 0 Å². The predicted octanol–water partition coefficient (Wildman–Crippen LogP) is 2.18. The minimum Gasteiger partial charge on any atom is -0.746 e. The van der Waals surface area contributed by atoms with Crippen LogP contribution in [0.2, 0.25) is 0 Å². The molecule has 0 aliphatic heterocycles. The number of halogens is 3. The van der Waals surface area contributed by atoms with Gasteiger partial charge in [-0.05, 0) is 12.1 Å². The Morgan fingerprint density at radius 2 is 1.88 bits per heavy atom. The zero-order chi connectivity index (χ0) is 18.8. The summed E-state index contributed by atoms with van der Waals surface area (Å²) in [5.41, 5.74) is -2.82. The number of quaternary nitrogens is 1. The van der Waals surface area contributed by atoms with Crippen molar-refractivity contribution in [3.8, 4) is 5.75 Å². The first-order chi connectivity index (χ1) is 10.7. The van der Waals surface area contributed by atoms with Gasteiger partial charge in [0, 0.05) is 6.07 Å². The summed E-state index contributed by atoms with van der Waals surface area (Å²) < 4.78 is 59.5. The Morgan fingerprint density at radius 3 is 2.33 bits per heavy atom. The van der Waals surface area contributed by atoms with Crippen LogP contribution in [0.5, 0.6) is 5.75 Å². The maximum absolute atomic E-state index is 12.8. The molecular formula is C12H16F3N2O6P. The molecule has 24 heavy (non-hydrogen) atoms. The van der Waals surface area contributed by atoms with E-state index in [0.29, 0.717) is 17.1 Å². The third kappa shape index (κ3) is 6.44. The lowest BCUT2D eigenvalue weighted by atomic mass is 10.1. The van der Waals surface area contributed by atoms with E-state index in [4.69, 9.17) is 0 Å². The van der Waals surface area contributed by atoms with Crippen LogP contribution in [0.25, 0.3) is 0 Å². The number of likely N-dealkylation sites (N-methyl/N-ethyl adjacent to an activating group) is 1. The number of benzene rings is 1. The highest BCUT2D eigenvalue weighted by Gasteiger charge is 2.38. The van der Waals surface area contributed by atoms with Crippen LogP contribution >= 0.6 is 7.82 Å². The van der Waals surface area contributed by atoms with E-state index in [1.54, 1.807) is 21.1 Å². The molecule has 0 N–H and O–H groups in total. The van der Waals surface area contributed by atoms with Gasteiger partial charge in [0.25, 0.3) is 5.69 Å². The Labute approximate surface area is 135 Å². The number of phosphoric ester groups is 1. The smallest absolute Gasteiger partial charge is 0.423 e. The first-order valence-corrected chi connectivity index (χ1v) is 7.99. The molecule has 1 aromatic carbocycles. The second-order valence-electron chi connectivity index (χ2n) is 5.82. The highest BCUT2D eigenvalue weighted by molar-refractivity contribution is 7.46. The molecular weight excluding hydrogens is 356 g/mol. The molecule has 8 nitrogen and oxygen atoms in total. The first kappa shape index (κ1) is 20.4. The van der Waals surface area contributed by atoms with Crippen LogP contribution in [-0.2, 0) is 15.3 Å². The third-order valence-corrected chi connectivity index (χ3v) is 3.63. The number of rotatable bonds is 7. The number of nitro groups is 1. The molecule has 0 aliphatic rings. The van der Waals surface area contributed by atoms with E-state index in [-0.39, 0.29) is 12.7 Å². The van der Waals surface area contributed by atoms with Crippen molar-refractivity contribution in [3.05, 3.63) is 33.9 Å². The highest BCUT2D eigenvalue weighted by atomic mass is 31.2. The van der Waals surface area contributed by atoms with Crippen LogP contribution in [0, 0.1) is 10.1 Å². The van der Waals surface area contributed by atoms with Crippen molar-refractivity contribution in [3.63, 3.8) is 0 Å². The van der Waals surface area contributed by atoms with Gasteiger partial charge in [0.2, 0.25) is 0 Å². The number of hydrogen-bond donors (Lipinski definition) is 0. The summed E-state index contributed by atoms with van der Waals surface area (Å²) in [6.45, 7) is 0.0764. The summed E-state index contributed by atoms with van der Waals surface area (Å²) in [4.78, 5) is 21.0. The second-order valence-corrected chi connectivity index (χ2v) is 7.15. The monoisotopic (exact) mass is 372 g/mol. The summed E-state index contributed by atoms with van der Waals surface area (Å²) in [7, 11) is 0.442. The lowest BCUT2D eigenvalue weighted by Gasteiger charge is -2.27. The molecule has 0 radical (unpaired) electrons. The van der Waals surface area contributed by atoms with E-state index in [2.05, 4.69) is 9.05 Å². The van der Waals surface area contributed by atoms with Gasteiger partial charge in [-0.3, -0.25) is 14.7 Å². The van der Waals surface area contributed by atoms with E-state index >= 15 is 0 Å². The molecule has 0 aliphatic carbocycles. The van der Waals surface area contributed by atoms with Crippen LogP contribution in [0.15, 0.2) is 18.2 Å². The topological polar surface area (TPSA) is 102 Å². The Balaban J connectivity index is 2.95. The van der Waals surface area contributed by atoms with Gasteiger partial charge in [0.1, 0.15) is 24.5 Å².